The predicted molar refractivity (Wildman–Crippen MR) is 66.0 cm³/mol. The van der Waals surface area contributed by atoms with Gasteiger partial charge in [0.15, 0.2) is 0 Å². The third-order valence-corrected chi connectivity index (χ3v) is 2.61. The van der Waals surface area contributed by atoms with Gasteiger partial charge in [-0.15, -0.1) is 0 Å². The Bertz CT molecular complexity index is 414. The normalized spacial score (nSPS) is 11.5. The SMILES string of the molecule is CCCc1cc(C)nc(C(C)(C)CC(=O)O)n1. The second-order valence-corrected chi connectivity index (χ2v) is 5.03. The summed E-state index contributed by atoms with van der Waals surface area (Å²) in [6.07, 6.45) is 1.97. The molecule has 0 radical (unpaired) electrons. The Balaban J connectivity index is 3.07. The molecule has 0 fully saturated rings. The summed E-state index contributed by atoms with van der Waals surface area (Å²) < 4.78 is 0. The van der Waals surface area contributed by atoms with E-state index in [2.05, 4.69) is 16.9 Å². The summed E-state index contributed by atoms with van der Waals surface area (Å²) in [5, 5.41) is 8.90. The van der Waals surface area contributed by atoms with E-state index in [0.29, 0.717) is 5.82 Å². The molecular weight excluding hydrogens is 216 g/mol. The first kappa shape index (κ1) is 13.6. The number of aliphatic carboxylic acids is 1. The molecule has 0 aliphatic carbocycles. The summed E-state index contributed by atoms with van der Waals surface area (Å²) in [5.41, 5.74) is 1.37. The Morgan fingerprint density at radius 1 is 1.41 bits per heavy atom. The highest BCUT2D eigenvalue weighted by Crippen LogP contribution is 2.24. The van der Waals surface area contributed by atoms with Crippen LogP contribution in [0.15, 0.2) is 6.07 Å². The average Bonchev–Trinajstić information content (AvgIpc) is 2.15. The number of rotatable bonds is 5. The average molecular weight is 236 g/mol. The van der Waals surface area contributed by atoms with Crippen LogP contribution in [0, 0.1) is 6.92 Å². The molecule has 0 saturated heterocycles. The molecule has 0 aromatic carbocycles. The van der Waals surface area contributed by atoms with Gasteiger partial charge in [0.25, 0.3) is 0 Å². The second kappa shape index (κ2) is 5.25. The van der Waals surface area contributed by atoms with Crippen LogP contribution in [0.2, 0.25) is 0 Å². The lowest BCUT2D eigenvalue weighted by Crippen LogP contribution is -2.25. The maximum atomic E-state index is 10.8. The first-order chi connectivity index (χ1) is 7.85. The maximum Gasteiger partial charge on any atom is 0.304 e. The van der Waals surface area contributed by atoms with Crippen LogP contribution >= 0.6 is 0 Å². The van der Waals surface area contributed by atoms with Crippen molar-refractivity contribution in [1.82, 2.24) is 9.97 Å². The molecule has 4 nitrogen and oxygen atoms in total. The van der Waals surface area contributed by atoms with E-state index in [1.54, 1.807) is 0 Å². The van der Waals surface area contributed by atoms with E-state index in [1.807, 2.05) is 26.8 Å². The van der Waals surface area contributed by atoms with E-state index in [4.69, 9.17) is 5.11 Å². The third kappa shape index (κ3) is 3.80. The fraction of sp³-hybridized carbons (Fsp3) is 0.615. The zero-order valence-electron chi connectivity index (χ0n) is 10.9. The number of aromatic nitrogens is 2. The van der Waals surface area contributed by atoms with Gasteiger partial charge in [-0.1, -0.05) is 27.2 Å². The van der Waals surface area contributed by atoms with Crippen molar-refractivity contribution in [2.75, 3.05) is 0 Å². The quantitative estimate of drug-likeness (QED) is 0.853. The Kier molecular flexibility index (Phi) is 4.21. The summed E-state index contributed by atoms with van der Waals surface area (Å²) in [6.45, 7) is 7.75. The van der Waals surface area contributed by atoms with E-state index in [1.165, 1.54) is 0 Å². The maximum absolute atomic E-state index is 10.8. The van der Waals surface area contributed by atoms with Crippen LogP contribution in [0.3, 0.4) is 0 Å². The van der Waals surface area contributed by atoms with Gasteiger partial charge in [-0.05, 0) is 19.4 Å². The number of carboxylic acids is 1. The molecule has 0 aliphatic rings. The van der Waals surface area contributed by atoms with Crippen LogP contribution in [-0.2, 0) is 16.6 Å². The van der Waals surface area contributed by atoms with Crippen LogP contribution < -0.4 is 0 Å². The summed E-state index contributed by atoms with van der Waals surface area (Å²) in [6, 6.07) is 1.96. The minimum Gasteiger partial charge on any atom is -0.481 e. The highest BCUT2D eigenvalue weighted by atomic mass is 16.4. The first-order valence-corrected chi connectivity index (χ1v) is 5.92. The van der Waals surface area contributed by atoms with Gasteiger partial charge in [-0.3, -0.25) is 4.79 Å². The van der Waals surface area contributed by atoms with Crippen molar-refractivity contribution in [3.05, 3.63) is 23.3 Å². The lowest BCUT2D eigenvalue weighted by atomic mass is 9.88. The van der Waals surface area contributed by atoms with Crippen molar-refractivity contribution < 1.29 is 9.90 Å². The van der Waals surface area contributed by atoms with Crippen molar-refractivity contribution in [2.24, 2.45) is 0 Å². The standard InChI is InChI=1S/C13H20N2O2/c1-5-6-10-7-9(2)14-12(15-10)13(3,4)8-11(16)17/h7H,5-6,8H2,1-4H3,(H,16,17). The number of hydrogen-bond donors (Lipinski definition) is 1. The summed E-state index contributed by atoms with van der Waals surface area (Å²) >= 11 is 0. The van der Waals surface area contributed by atoms with Gasteiger partial charge < -0.3 is 5.11 Å². The topological polar surface area (TPSA) is 63.1 Å². The Labute approximate surface area is 102 Å². The molecule has 17 heavy (non-hydrogen) atoms. The van der Waals surface area contributed by atoms with Gasteiger partial charge >= 0.3 is 5.97 Å². The molecule has 1 rings (SSSR count). The van der Waals surface area contributed by atoms with E-state index < -0.39 is 11.4 Å². The van der Waals surface area contributed by atoms with Crippen molar-refractivity contribution in [3.8, 4) is 0 Å². The molecule has 0 saturated carbocycles. The molecule has 4 heteroatoms. The smallest absolute Gasteiger partial charge is 0.304 e. The predicted octanol–water partition coefficient (Wildman–Crippen LogP) is 2.49. The van der Waals surface area contributed by atoms with Crippen molar-refractivity contribution in [2.45, 2.75) is 52.4 Å². The van der Waals surface area contributed by atoms with Gasteiger partial charge in [0.05, 0.1) is 6.42 Å². The van der Waals surface area contributed by atoms with Crippen LogP contribution in [0.5, 0.6) is 0 Å². The fourth-order valence-electron chi connectivity index (χ4n) is 1.78. The van der Waals surface area contributed by atoms with E-state index >= 15 is 0 Å². The molecule has 1 aromatic rings. The largest absolute Gasteiger partial charge is 0.481 e. The lowest BCUT2D eigenvalue weighted by Gasteiger charge is -2.21. The lowest BCUT2D eigenvalue weighted by molar-refractivity contribution is -0.138. The molecule has 0 amide bonds. The molecular formula is C13H20N2O2. The van der Waals surface area contributed by atoms with Gasteiger partial charge in [0, 0.05) is 16.8 Å². The number of carbonyl (C=O) groups is 1. The number of aryl methyl sites for hydroxylation is 2. The molecule has 1 N–H and O–H groups in total. The zero-order valence-corrected chi connectivity index (χ0v) is 10.9. The van der Waals surface area contributed by atoms with E-state index in [9.17, 15) is 4.79 Å². The molecule has 0 bridgehead atoms. The highest BCUT2D eigenvalue weighted by Gasteiger charge is 2.27. The van der Waals surface area contributed by atoms with Gasteiger partial charge in [-0.25, -0.2) is 9.97 Å². The minimum absolute atomic E-state index is 0.0437. The summed E-state index contributed by atoms with van der Waals surface area (Å²) in [7, 11) is 0. The van der Waals surface area contributed by atoms with E-state index in [0.717, 1.165) is 24.2 Å². The molecule has 1 aromatic heterocycles. The fourth-order valence-corrected chi connectivity index (χ4v) is 1.78. The minimum atomic E-state index is -0.822. The molecule has 1 heterocycles. The Morgan fingerprint density at radius 2 is 2.06 bits per heavy atom. The molecule has 0 aliphatic heterocycles. The van der Waals surface area contributed by atoms with Gasteiger partial charge in [0.1, 0.15) is 5.82 Å². The molecule has 0 unspecified atom stereocenters. The van der Waals surface area contributed by atoms with Crippen LogP contribution in [0.4, 0.5) is 0 Å². The Morgan fingerprint density at radius 3 is 2.59 bits per heavy atom. The summed E-state index contributed by atoms with van der Waals surface area (Å²) in [5.74, 6) is -0.194. The van der Waals surface area contributed by atoms with Crippen LogP contribution in [0.25, 0.3) is 0 Å². The number of carboxylic acid groups (broad SMARTS) is 1. The second-order valence-electron chi connectivity index (χ2n) is 5.03. The first-order valence-electron chi connectivity index (χ1n) is 5.92. The highest BCUT2D eigenvalue weighted by molar-refractivity contribution is 5.68. The van der Waals surface area contributed by atoms with Crippen LogP contribution in [0.1, 0.15) is 50.8 Å². The summed E-state index contributed by atoms with van der Waals surface area (Å²) in [4.78, 5) is 19.7. The van der Waals surface area contributed by atoms with Crippen molar-refractivity contribution >= 4 is 5.97 Å². The zero-order chi connectivity index (χ0) is 13.1. The molecule has 94 valence electrons. The van der Waals surface area contributed by atoms with Crippen molar-refractivity contribution in [1.29, 1.82) is 0 Å². The number of hydrogen-bond acceptors (Lipinski definition) is 3. The molecule has 0 spiro atoms. The monoisotopic (exact) mass is 236 g/mol. The molecule has 0 atom stereocenters. The van der Waals surface area contributed by atoms with Gasteiger partial charge in [0.2, 0.25) is 0 Å². The number of nitrogens with zero attached hydrogens (tertiary/aromatic N) is 2. The van der Waals surface area contributed by atoms with E-state index in [-0.39, 0.29) is 6.42 Å². The Hall–Kier alpha value is -1.45. The third-order valence-electron chi connectivity index (χ3n) is 2.61. The van der Waals surface area contributed by atoms with Gasteiger partial charge in [-0.2, -0.15) is 0 Å². The van der Waals surface area contributed by atoms with Crippen molar-refractivity contribution in [3.63, 3.8) is 0 Å². The van der Waals surface area contributed by atoms with Crippen LogP contribution in [-0.4, -0.2) is 21.0 Å².